The average molecular weight is 832 g/mol. The van der Waals surface area contributed by atoms with Crippen molar-refractivity contribution in [3.05, 3.63) is 148 Å². The van der Waals surface area contributed by atoms with Crippen LogP contribution in [0.25, 0.3) is 10.8 Å². The Hall–Kier alpha value is -5.92. The molecule has 0 aromatic heterocycles. The minimum Gasteiger partial charge on any atom is -0.507 e. The summed E-state index contributed by atoms with van der Waals surface area (Å²) in [6, 6.07) is 23.7. The number of ketones is 1. The molecular formula is C43H25Cl2F5N2O6. The lowest BCUT2D eigenvalue weighted by Gasteiger charge is -2.50. The van der Waals surface area contributed by atoms with Crippen LogP contribution >= 0.6 is 23.2 Å². The Bertz CT molecular complexity index is 2700. The third-order valence-electron chi connectivity index (χ3n) is 11.9. The highest BCUT2D eigenvalue weighted by Crippen LogP contribution is 2.67. The van der Waals surface area contributed by atoms with Crippen molar-refractivity contribution < 1.29 is 51.0 Å². The molecule has 58 heavy (non-hydrogen) atoms. The molecule has 3 fully saturated rings. The molecule has 2 saturated heterocycles. The third kappa shape index (κ3) is 4.89. The van der Waals surface area contributed by atoms with Gasteiger partial charge in [0.1, 0.15) is 11.4 Å². The minimum atomic E-state index is -2.80. The average Bonchev–Trinajstić information content (AvgIpc) is 3.57. The summed E-state index contributed by atoms with van der Waals surface area (Å²) in [4.78, 5) is 66.0. The van der Waals surface area contributed by atoms with Crippen LogP contribution in [0, 0.1) is 46.8 Å². The molecule has 15 heteroatoms. The number of rotatable bonds is 5. The zero-order valence-corrected chi connectivity index (χ0v) is 31.0. The second-order valence-corrected chi connectivity index (χ2v) is 15.9. The van der Waals surface area contributed by atoms with Crippen LogP contribution in [0.4, 0.5) is 33.3 Å². The lowest BCUT2D eigenvalue weighted by atomic mass is 9.56. The summed E-state index contributed by atoms with van der Waals surface area (Å²) in [6.07, 6.45) is 0.739. The molecule has 1 saturated carbocycles. The molecule has 0 bridgehead atoms. The summed E-state index contributed by atoms with van der Waals surface area (Å²) in [7, 11) is 0. The monoisotopic (exact) mass is 830 g/mol. The number of aromatic hydroxyl groups is 1. The number of anilines is 2. The molecule has 9 rings (SSSR count). The van der Waals surface area contributed by atoms with Gasteiger partial charge in [-0.05, 0) is 48.4 Å². The van der Waals surface area contributed by atoms with E-state index in [4.69, 9.17) is 23.2 Å². The molecule has 0 spiro atoms. The van der Waals surface area contributed by atoms with Gasteiger partial charge in [0.2, 0.25) is 17.6 Å². The van der Waals surface area contributed by atoms with E-state index in [1.54, 1.807) is 66.7 Å². The lowest BCUT2D eigenvalue weighted by molar-refractivity contribution is -0.125. The van der Waals surface area contributed by atoms with Gasteiger partial charge in [0.15, 0.2) is 38.8 Å². The first kappa shape index (κ1) is 37.6. The van der Waals surface area contributed by atoms with Crippen LogP contribution in [0.5, 0.6) is 5.75 Å². The van der Waals surface area contributed by atoms with Gasteiger partial charge in [-0.25, -0.2) is 26.9 Å². The number of alkyl halides is 2. The summed E-state index contributed by atoms with van der Waals surface area (Å²) in [6.45, 7) is 0. The van der Waals surface area contributed by atoms with Gasteiger partial charge in [0, 0.05) is 28.0 Å². The Morgan fingerprint density at radius 3 is 1.95 bits per heavy atom. The highest BCUT2D eigenvalue weighted by Gasteiger charge is 2.77. The number of hydrogen-bond acceptors (Lipinski definition) is 6. The van der Waals surface area contributed by atoms with Crippen LogP contribution in [0.2, 0.25) is 0 Å². The SMILES string of the molecule is O=C(c1ccccc1)c1ccc(N2C(=O)[C@H]3[C@H](CC=C4[C@H]3C[C@@]3(Cl)C(=O)N(c5c(F)c(F)c(F)c(F)c5F)C(=O)[C@@]3(Cl)[C@H]4c3ccc4ccccc4c3O)C2=O)cc1. The van der Waals surface area contributed by atoms with E-state index in [9.17, 15) is 42.3 Å². The Kier molecular flexibility index (Phi) is 8.47. The fourth-order valence-electron chi connectivity index (χ4n) is 9.19. The molecule has 0 radical (unpaired) electrons. The second-order valence-electron chi connectivity index (χ2n) is 14.7. The zero-order chi connectivity index (χ0) is 41.2. The van der Waals surface area contributed by atoms with Crippen molar-refractivity contribution in [2.75, 3.05) is 9.80 Å². The van der Waals surface area contributed by atoms with Crippen LogP contribution in [-0.4, -0.2) is 44.3 Å². The van der Waals surface area contributed by atoms with E-state index in [1.807, 2.05) is 0 Å². The molecular weight excluding hydrogens is 806 g/mol. The Labute approximate surface area is 335 Å². The van der Waals surface area contributed by atoms with Crippen molar-refractivity contribution in [3.8, 4) is 5.75 Å². The number of amides is 4. The van der Waals surface area contributed by atoms with Crippen molar-refractivity contribution in [2.45, 2.75) is 28.5 Å². The molecule has 4 aliphatic rings. The van der Waals surface area contributed by atoms with E-state index < -0.39 is 104 Å². The predicted octanol–water partition coefficient (Wildman–Crippen LogP) is 8.24. The third-order valence-corrected chi connectivity index (χ3v) is 13.3. The molecule has 0 unspecified atom stereocenters. The van der Waals surface area contributed by atoms with Crippen LogP contribution in [0.15, 0.2) is 103 Å². The molecule has 2 aliphatic heterocycles. The minimum absolute atomic E-state index is 0.0964. The molecule has 2 aliphatic carbocycles. The van der Waals surface area contributed by atoms with Gasteiger partial charge in [-0.15, -0.1) is 23.2 Å². The largest absolute Gasteiger partial charge is 0.507 e. The maximum absolute atomic E-state index is 15.4. The van der Waals surface area contributed by atoms with Crippen molar-refractivity contribution in [1.82, 2.24) is 0 Å². The smallest absolute Gasteiger partial charge is 0.258 e. The summed E-state index contributed by atoms with van der Waals surface area (Å²) >= 11 is 14.5. The molecule has 292 valence electrons. The number of carbonyl (C=O) groups excluding carboxylic acids is 5. The maximum atomic E-state index is 15.4. The highest BCUT2D eigenvalue weighted by atomic mass is 35.5. The number of halogens is 7. The van der Waals surface area contributed by atoms with Gasteiger partial charge in [-0.1, -0.05) is 78.4 Å². The van der Waals surface area contributed by atoms with E-state index in [0.29, 0.717) is 10.9 Å². The number of phenolic OH excluding ortho intramolecular Hbond substituents is 1. The highest BCUT2D eigenvalue weighted by molar-refractivity contribution is 6.58. The molecule has 1 N–H and O–H groups in total. The first-order valence-electron chi connectivity index (χ1n) is 17.9. The fraction of sp³-hybridized carbons (Fsp3) is 0.186. The molecule has 6 atom stereocenters. The summed E-state index contributed by atoms with van der Waals surface area (Å²) < 4.78 is 74.2. The van der Waals surface area contributed by atoms with E-state index >= 15 is 8.78 Å². The van der Waals surface area contributed by atoms with Crippen molar-refractivity contribution in [3.63, 3.8) is 0 Å². The Morgan fingerprint density at radius 1 is 0.672 bits per heavy atom. The van der Waals surface area contributed by atoms with Crippen molar-refractivity contribution in [2.24, 2.45) is 17.8 Å². The molecule has 5 aromatic carbocycles. The number of fused-ring (bicyclic) bond motifs is 5. The maximum Gasteiger partial charge on any atom is 0.258 e. The normalized spacial score (nSPS) is 26.5. The van der Waals surface area contributed by atoms with Gasteiger partial charge in [0.25, 0.3) is 11.8 Å². The molecule has 2 heterocycles. The van der Waals surface area contributed by atoms with Crippen molar-refractivity contribution >= 4 is 74.8 Å². The van der Waals surface area contributed by atoms with Gasteiger partial charge < -0.3 is 5.11 Å². The van der Waals surface area contributed by atoms with Crippen LogP contribution in [-0.2, 0) is 19.2 Å². The quantitative estimate of drug-likeness (QED) is 0.0364. The number of imide groups is 2. The van der Waals surface area contributed by atoms with Gasteiger partial charge in [0.05, 0.1) is 17.5 Å². The first-order valence-corrected chi connectivity index (χ1v) is 18.7. The van der Waals surface area contributed by atoms with Crippen LogP contribution in [0.3, 0.4) is 0 Å². The number of nitrogens with zero attached hydrogens (tertiary/aromatic N) is 2. The summed E-state index contributed by atoms with van der Waals surface area (Å²) in [5, 5.41) is 12.6. The number of carbonyl (C=O) groups is 5. The molecule has 8 nitrogen and oxygen atoms in total. The first-order chi connectivity index (χ1) is 27.6. The molecule has 4 amide bonds. The topological polar surface area (TPSA) is 112 Å². The van der Waals surface area contributed by atoms with Crippen molar-refractivity contribution in [1.29, 1.82) is 0 Å². The number of benzene rings is 5. The fourth-order valence-corrected chi connectivity index (χ4v) is 10.1. The Balaban J connectivity index is 1.18. The van der Waals surface area contributed by atoms with Crippen LogP contribution in [0.1, 0.15) is 40.2 Å². The van der Waals surface area contributed by atoms with E-state index in [1.165, 1.54) is 30.3 Å². The van der Waals surface area contributed by atoms with Gasteiger partial charge in [-0.3, -0.25) is 28.9 Å². The van der Waals surface area contributed by atoms with Gasteiger partial charge >= 0.3 is 0 Å². The number of hydrogen-bond donors (Lipinski definition) is 1. The lowest BCUT2D eigenvalue weighted by Crippen LogP contribution is -2.60. The second kappa shape index (κ2) is 13.0. The van der Waals surface area contributed by atoms with Crippen LogP contribution < -0.4 is 9.80 Å². The molecule has 5 aromatic rings. The zero-order valence-electron chi connectivity index (χ0n) is 29.5. The number of phenols is 1. The number of allylic oxidation sites excluding steroid dienone is 2. The predicted molar refractivity (Wildman–Crippen MR) is 201 cm³/mol. The van der Waals surface area contributed by atoms with E-state index in [-0.39, 0.29) is 44.9 Å². The van der Waals surface area contributed by atoms with E-state index in [2.05, 4.69) is 0 Å². The summed E-state index contributed by atoms with van der Waals surface area (Å²) in [5.41, 5.74) is -0.977. The standard InChI is InChI=1S/C43H25Cl2F5N2O6/c44-42-18-27-24(16-17-25-28(27)39(56)51(38(25)55)22-13-10-21(11-14-22)36(53)20-7-2-1-3-8-20)29(26-15-12-19-6-4-5-9-23(19)37(26)54)43(42,45)41(58)52(40(42)57)35-33(49)31(47)30(46)32(48)34(35)50/h1-16,25,27-29,54H,17-18H2/t25-,27+,28-,29+,42+,43-/m0/s1. The summed E-state index contributed by atoms with van der Waals surface area (Å²) in [5.74, 6) is -22.9. The van der Waals surface area contributed by atoms with E-state index in [0.717, 1.165) is 4.90 Å². The van der Waals surface area contributed by atoms with Gasteiger partial charge in [-0.2, -0.15) is 0 Å². The Morgan fingerprint density at radius 2 is 1.28 bits per heavy atom.